The van der Waals surface area contributed by atoms with Gasteiger partial charge in [-0.05, 0) is 42.5 Å². The number of aromatic nitrogens is 2. The quantitative estimate of drug-likeness (QED) is 0.701. The van der Waals surface area contributed by atoms with Crippen LogP contribution < -0.4 is 10.2 Å². The first-order valence-electron chi connectivity index (χ1n) is 9.74. The maximum Gasteiger partial charge on any atom is 0.273 e. The molecule has 2 aromatic heterocycles. The SMILES string of the molecule is O=C(NCCC1C2CN(c3ccccc3)C(=O)C12)c1cc(-c2cccnc2)on1. The van der Waals surface area contributed by atoms with E-state index in [0.717, 1.165) is 24.2 Å². The molecule has 1 aliphatic carbocycles. The van der Waals surface area contributed by atoms with Crippen molar-refractivity contribution >= 4 is 17.5 Å². The van der Waals surface area contributed by atoms with Crippen molar-refractivity contribution in [1.29, 1.82) is 0 Å². The predicted octanol–water partition coefficient (Wildman–Crippen LogP) is 2.77. The van der Waals surface area contributed by atoms with Gasteiger partial charge < -0.3 is 14.7 Å². The second kappa shape index (κ2) is 7.16. The average Bonchev–Trinajstić information content (AvgIpc) is 3.08. The van der Waals surface area contributed by atoms with Gasteiger partial charge in [-0.15, -0.1) is 0 Å². The molecule has 1 N–H and O–H groups in total. The summed E-state index contributed by atoms with van der Waals surface area (Å²) in [6.07, 6.45) is 4.12. The van der Waals surface area contributed by atoms with E-state index in [1.807, 2.05) is 41.3 Å². The van der Waals surface area contributed by atoms with Gasteiger partial charge in [-0.3, -0.25) is 14.6 Å². The first-order chi connectivity index (χ1) is 14.2. The second-order valence-electron chi connectivity index (χ2n) is 7.50. The summed E-state index contributed by atoms with van der Waals surface area (Å²) in [5.74, 6) is 1.28. The van der Waals surface area contributed by atoms with E-state index < -0.39 is 0 Å². The summed E-state index contributed by atoms with van der Waals surface area (Å²) in [7, 11) is 0. The van der Waals surface area contributed by atoms with Crippen molar-refractivity contribution in [1.82, 2.24) is 15.5 Å². The van der Waals surface area contributed by atoms with Gasteiger partial charge in [0.25, 0.3) is 5.91 Å². The van der Waals surface area contributed by atoms with Gasteiger partial charge >= 0.3 is 0 Å². The molecule has 0 radical (unpaired) electrons. The van der Waals surface area contributed by atoms with E-state index in [0.29, 0.717) is 24.1 Å². The first-order valence-corrected chi connectivity index (χ1v) is 9.74. The molecule has 1 saturated heterocycles. The van der Waals surface area contributed by atoms with E-state index in [1.54, 1.807) is 24.5 Å². The number of nitrogens with one attached hydrogen (secondary N) is 1. The maximum absolute atomic E-state index is 12.6. The molecule has 2 aliphatic rings. The van der Waals surface area contributed by atoms with Crippen LogP contribution in [0, 0.1) is 17.8 Å². The molecule has 1 aliphatic heterocycles. The van der Waals surface area contributed by atoms with E-state index in [-0.39, 0.29) is 23.4 Å². The van der Waals surface area contributed by atoms with Gasteiger partial charge in [-0.25, -0.2) is 0 Å². The number of carbonyl (C=O) groups excluding carboxylic acids is 2. The Morgan fingerprint density at radius 2 is 2.07 bits per heavy atom. The fraction of sp³-hybridized carbons (Fsp3) is 0.273. The predicted molar refractivity (Wildman–Crippen MR) is 106 cm³/mol. The van der Waals surface area contributed by atoms with Gasteiger partial charge in [-0.2, -0.15) is 0 Å². The molecule has 2 amide bonds. The molecule has 7 heteroatoms. The van der Waals surface area contributed by atoms with Gasteiger partial charge in [0.05, 0.1) is 0 Å². The molecule has 1 saturated carbocycles. The van der Waals surface area contributed by atoms with Crippen LogP contribution in [0.4, 0.5) is 5.69 Å². The van der Waals surface area contributed by atoms with Crippen LogP contribution >= 0.6 is 0 Å². The average molecular weight is 388 g/mol. The van der Waals surface area contributed by atoms with Gasteiger partial charge in [0.2, 0.25) is 5.91 Å². The van der Waals surface area contributed by atoms with Gasteiger partial charge in [0.15, 0.2) is 11.5 Å². The van der Waals surface area contributed by atoms with Crippen LogP contribution in [0.2, 0.25) is 0 Å². The third-order valence-corrected chi connectivity index (χ3v) is 5.80. The molecule has 29 heavy (non-hydrogen) atoms. The van der Waals surface area contributed by atoms with E-state index in [1.165, 1.54) is 0 Å². The monoisotopic (exact) mass is 388 g/mol. The summed E-state index contributed by atoms with van der Waals surface area (Å²) in [6.45, 7) is 1.29. The third kappa shape index (κ3) is 3.29. The van der Waals surface area contributed by atoms with Crippen molar-refractivity contribution in [3.05, 3.63) is 66.6 Å². The first kappa shape index (κ1) is 17.6. The smallest absolute Gasteiger partial charge is 0.273 e. The van der Waals surface area contributed by atoms with Crippen molar-refractivity contribution in [2.45, 2.75) is 6.42 Å². The zero-order valence-corrected chi connectivity index (χ0v) is 15.7. The lowest BCUT2D eigenvalue weighted by molar-refractivity contribution is -0.119. The molecule has 7 nitrogen and oxygen atoms in total. The van der Waals surface area contributed by atoms with Crippen LogP contribution in [0.1, 0.15) is 16.9 Å². The molecule has 0 bridgehead atoms. The van der Waals surface area contributed by atoms with E-state index in [2.05, 4.69) is 15.5 Å². The molecule has 0 spiro atoms. The fourth-order valence-corrected chi connectivity index (χ4v) is 4.24. The third-order valence-electron chi connectivity index (χ3n) is 5.80. The minimum atomic E-state index is -0.271. The molecule has 2 fully saturated rings. The summed E-state index contributed by atoms with van der Waals surface area (Å²) in [5.41, 5.74) is 1.98. The number of fused-ring (bicyclic) bond motifs is 1. The minimum Gasteiger partial charge on any atom is -0.355 e. The van der Waals surface area contributed by atoms with Gasteiger partial charge in [0.1, 0.15) is 0 Å². The van der Waals surface area contributed by atoms with E-state index in [9.17, 15) is 9.59 Å². The summed E-state index contributed by atoms with van der Waals surface area (Å²) < 4.78 is 5.24. The lowest BCUT2D eigenvalue weighted by Crippen LogP contribution is -2.31. The van der Waals surface area contributed by atoms with Crippen molar-refractivity contribution in [2.75, 3.05) is 18.0 Å². The Balaban J connectivity index is 1.12. The molecular formula is C22H20N4O3. The summed E-state index contributed by atoms with van der Waals surface area (Å²) in [5, 5.41) is 6.72. The molecule has 1 aromatic carbocycles. The highest BCUT2D eigenvalue weighted by atomic mass is 16.5. The lowest BCUT2D eigenvalue weighted by atomic mass is 10.1. The van der Waals surface area contributed by atoms with Crippen molar-refractivity contribution < 1.29 is 14.1 Å². The molecule has 3 heterocycles. The summed E-state index contributed by atoms with van der Waals surface area (Å²) >= 11 is 0. The number of piperidine rings is 1. The zero-order valence-electron chi connectivity index (χ0n) is 15.7. The van der Waals surface area contributed by atoms with Crippen molar-refractivity contribution in [2.24, 2.45) is 17.8 Å². The number of pyridine rings is 1. The Morgan fingerprint density at radius 3 is 2.79 bits per heavy atom. The molecule has 3 unspecified atom stereocenters. The van der Waals surface area contributed by atoms with Gasteiger partial charge in [-0.1, -0.05) is 23.4 Å². The number of nitrogens with zero attached hydrogens (tertiary/aromatic N) is 3. The lowest BCUT2D eigenvalue weighted by Gasteiger charge is -2.20. The van der Waals surface area contributed by atoms with Crippen LogP contribution in [-0.4, -0.2) is 35.0 Å². The number of para-hydroxylation sites is 1. The fourth-order valence-electron chi connectivity index (χ4n) is 4.24. The van der Waals surface area contributed by atoms with Crippen LogP contribution in [0.5, 0.6) is 0 Å². The highest BCUT2D eigenvalue weighted by Crippen LogP contribution is 2.54. The second-order valence-corrected chi connectivity index (χ2v) is 7.50. The largest absolute Gasteiger partial charge is 0.355 e. The van der Waals surface area contributed by atoms with Crippen LogP contribution in [0.15, 0.2) is 65.4 Å². The highest BCUT2D eigenvalue weighted by Gasteiger charge is 2.60. The summed E-state index contributed by atoms with van der Waals surface area (Å²) in [6, 6.07) is 15.0. The Bertz CT molecular complexity index is 1030. The highest BCUT2D eigenvalue weighted by molar-refractivity contribution is 6.00. The van der Waals surface area contributed by atoms with Crippen LogP contribution in [-0.2, 0) is 4.79 Å². The molecule has 146 valence electrons. The van der Waals surface area contributed by atoms with Gasteiger partial charge in [0, 0.05) is 48.7 Å². The number of hydrogen-bond acceptors (Lipinski definition) is 5. The molecular weight excluding hydrogens is 368 g/mol. The van der Waals surface area contributed by atoms with Crippen molar-refractivity contribution in [3.8, 4) is 11.3 Å². The maximum atomic E-state index is 12.6. The van der Waals surface area contributed by atoms with Crippen LogP contribution in [0.3, 0.4) is 0 Å². The van der Waals surface area contributed by atoms with Crippen molar-refractivity contribution in [3.63, 3.8) is 0 Å². The van der Waals surface area contributed by atoms with E-state index in [4.69, 9.17) is 4.52 Å². The molecule has 3 atom stereocenters. The number of rotatable bonds is 6. The number of benzene rings is 1. The molecule has 5 rings (SSSR count). The standard InChI is InChI=1S/C22H20N4O3/c27-21(18-11-19(29-25-18)14-5-4-9-23-12-14)24-10-8-16-17-13-26(22(28)20(16)17)15-6-2-1-3-7-15/h1-7,9,11-12,16-17,20H,8,10,13H2,(H,24,27). The summed E-state index contributed by atoms with van der Waals surface area (Å²) in [4.78, 5) is 30.8. The number of anilines is 1. The number of hydrogen-bond donors (Lipinski definition) is 1. The van der Waals surface area contributed by atoms with Crippen LogP contribution in [0.25, 0.3) is 11.3 Å². The Hall–Kier alpha value is -3.48. The topological polar surface area (TPSA) is 88.3 Å². The minimum absolute atomic E-state index is 0.0938. The Morgan fingerprint density at radius 1 is 1.21 bits per heavy atom. The zero-order chi connectivity index (χ0) is 19.8. The normalized spacial score (nSPS) is 22.4. The number of carbonyl (C=O) groups is 2. The Labute approximate surface area is 167 Å². The van der Waals surface area contributed by atoms with E-state index >= 15 is 0 Å². The molecule has 3 aromatic rings. The number of amides is 2. The Kier molecular flexibility index (Phi) is 4.35.